The van der Waals surface area contributed by atoms with Crippen molar-refractivity contribution in [3.05, 3.63) is 99.0 Å². The van der Waals surface area contributed by atoms with Crippen molar-refractivity contribution in [1.82, 2.24) is 5.32 Å². The fourth-order valence-corrected chi connectivity index (χ4v) is 2.96. The number of nitro groups is 1. The van der Waals surface area contributed by atoms with Gasteiger partial charge in [0, 0.05) is 24.2 Å². The molecular weight excluding hydrogens is 416 g/mol. The van der Waals surface area contributed by atoms with Gasteiger partial charge < -0.3 is 19.2 Å². The van der Waals surface area contributed by atoms with Crippen LogP contribution in [-0.4, -0.2) is 23.4 Å². The molecule has 0 unspecified atom stereocenters. The lowest BCUT2D eigenvalue weighted by Crippen LogP contribution is -2.23. The monoisotopic (exact) mass is 438 g/mol. The van der Waals surface area contributed by atoms with E-state index in [1.165, 1.54) is 6.07 Å². The predicted molar refractivity (Wildman–Crippen MR) is 114 cm³/mol. The molecule has 1 amide bonds. The van der Waals surface area contributed by atoms with Gasteiger partial charge in [0.15, 0.2) is 0 Å². The highest BCUT2D eigenvalue weighted by atomic mass is 16.6. The van der Waals surface area contributed by atoms with Crippen LogP contribution in [0.4, 0.5) is 5.69 Å². The third kappa shape index (κ3) is 6.26. The summed E-state index contributed by atoms with van der Waals surface area (Å²) < 4.78 is 15.7. The summed E-state index contributed by atoms with van der Waals surface area (Å²) in [5, 5.41) is 13.9. The van der Waals surface area contributed by atoms with E-state index in [9.17, 15) is 19.7 Å². The standard InChI is InChI=1S/C23H22N2O7/c1-2-31-23(27)19-10-18(11-20(12-19)25(28)29)22(26)24-13-16-5-3-6-17(9-16)14-30-15-21-7-4-8-32-21/h3-12H,2,13-15H2,1H3,(H,24,26). The number of nitro benzene ring substituents is 1. The van der Waals surface area contributed by atoms with Gasteiger partial charge in [-0.25, -0.2) is 4.79 Å². The Morgan fingerprint density at radius 3 is 2.53 bits per heavy atom. The molecule has 0 fully saturated rings. The van der Waals surface area contributed by atoms with Crippen LogP contribution in [0.2, 0.25) is 0 Å². The highest BCUT2D eigenvalue weighted by Crippen LogP contribution is 2.19. The summed E-state index contributed by atoms with van der Waals surface area (Å²) in [7, 11) is 0. The number of carbonyl (C=O) groups is 2. The number of benzene rings is 2. The first-order valence-electron chi connectivity index (χ1n) is 9.89. The topological polar surface area (TPSA) is 121 Å². The number of furan rings is 1. The number of hydrogen-bond donors (Lipinski definition) is 1. The van der Waals surface area contributed by atoms with Crippen molar-refractivity contribution in [3.63, 3.8) is 0 Å². The lowest BCUT2D eigenvalue weighted by Gasteiger charge is -2.09. The summed E-state index contributed by atoms with van der Waals surface area (Å²) >= 11 is 0. The SMILES string of the molecule is CCOC(=O)c1cc(C(=O)NCc2cccc(COCc3ccco3)c2)cc([N+](=O)[O-])c1. The van der Waals surface area contributed by atoms with Crippen LogP contribution >= 0.6 is 0 Å². The molecule has 0 atom stereocenters. The third-order valence-electron chi connectivity index (χ3n) is 4.44. The van der Waals surface area contributed by atoms with Gasteiger partial charge in [-0.15, -0.1) is 0 Å². The Kier molecular flexibility index (Phi) is 7.71. The van der Waals surface area contributed by atoms with Crippen LogP contribution in [0, 0.1) is 10.1 Å². The molecule has 0 spiro atoms. The fourth-order valence-electron chi connectivity index (χ4n) is 2.96. The molecule has 0 aliphatic rings. The van der Waals surface area contributed by atoms with Crippen molar-refractivity contribution in [3.8, 4) is 0 Å². The van der Waals surface area contributed by atoms with E-state index in [2.05, 4.69) is 5.32 Å². The van der Waals surface area contributed by atoms with E-state index in [1.807, 2.05) is 30.3 Å². The Hall–Kier alpha value is -3.98. The Balaban J connectivity index is 1.63. The van der Waals surface area contributed by atoms with Crippen LogP contribution in [-0.2, 0) is 29.2 Å². The summed E-state index contributed by atoms with van der Waals surface area (Å²) in [5.74, 6) is -0.543. The highest BCUT2D eigenvalue weighted by molar-refractivity contribution is 5.99. The lowest BCUT2D eigenvalue weighted by molar-refractivity contribution is -0.384. The van der Waals surface area contributed by atoms with Gasteiger partial charge in [0.1, 0.15) is 12.4 Å². The van der Waals surface area contributed by atoms with Gasteiger partial charge in [0.2, 0.25) is 0 Å². The van der Waals surface area contributed by atoms with Crippen LogP contribution < -0.4 is 5.32 Å². The molecular formula is C23H22N2O7. The molecule has 32 heavy (non-hydrogen) atoms. The number of ether oxygens (including phenoxy) is 2. The van der Waals surface area contributed by atoms with Crippen molar-refractivity contribution < 1.29 is 28.4 Å². The minimum absolute atomic E-state index is 0.000175. The first-order valence-corrected chi connectivity index (χ1v) is 9.89. The van der Waals surface area contributed by atoms with Crippen molar-refractivity contribution in [2.24, 2.45) is 0 Å². The van der Waals surface area contributed by atoms with E-state index in [0.29, 0.717) is 13.2 Å². The van der Waals surface area contributed by atoms with Gasteiger partial charge in [0.05, 0.1) is 30.0 Å². The molecule has 166 valence electrons. The molecule has 0 bridgehead atoms. The number of rotatable bonds is 10. The average molecular weight is 438 g/mol. The first kappa shape index (κ1) is 22.7. The fraction of sp³-hybridized carbons (Fsp3) is 0.217. The zero-order valence-corrected chi connectivity index (χ0v) is 17.4. The largest absolute Gasteiger partial charge is 0.467 e. The Morgan fingerprint density at radius 1 is 1.03 bits per heavy atom. The zero-order valence-electron chi connectivity index (χ0n) is 17.4. The summed E-state index contributed by atoms with van der Waals surface area (Å²) in [6, 6.07) is 14.6. The molecule has 9 heteroatoms. The highest BCUT2D eigenvalue weighted by Gasteiger charge is 2.18. The van der Waals surface area contributed by atoms with E-state index in [0.717, 1.165) is 29.0 Å². The van der Waals surface area contributed by atoms with Crippen molar-refractivity contribution in [2.75, 3.05) is 6.61 Å². The second kappa shape index (κ2) is 10.9. The maximum atomic E-state index is 12.6. The molecule has 0 radical (unpaired) electrons. The second-order valence-electron chi connectivity index (χ2n) is 6.82. The maximum absolute atomic E-state index is 12.6. The molecule has 9 nitrogen and oxygen atoms in total. The molecule has 2 aromatic carbocycles. The smallest absolute Gasteiger partial charge is 0.338 e. The Morgan fingerprint density at radius 2 is 1.81 bits per heavy atom. The van der Waals surface area contributed by atoms with E-state index >= 15 is 0 Å². The number of esters is 1. The van der Waals surface area contributed by atoms with E-state index < -0.39 is 16.8 Å². The van der Waals surface area contributed by atoms with Gasteiger partial charge in [-0.2, -0.15) is 0 Å². The summed E-state index contributed by atoms with van der Waals surface area (Å²) in [6.07, 6.45) is 1.58. The van der Waals surface area contributed by atoms with Gasteiger partial charge in [0.25, 0.3) is 11.6 Å². The molecule has 0 aliphatic carbocycles. The maximum Gasteiger partial charge on any atom is 0.338 e. The Bertz CT molecular complexity index is 1090. The number of amides is 1. The number of carbonyl (C=O) groups excluding carboxylic acids is 2. The van der Waals surface area contributed by atoms with Crippen LogP contribution in [0.1, 0.15) is 44.5 Å². The number of nitrogens with zero attached hydrogens (tertiary/aromatic N) is 1. The summed E-state index contributed by atoms with van der Waals surface area (Å²) in [5.41, 5.74) is 1.33. The number of hydrogen-bond acceptors (Lipinski definition) is 7. The summed E-state index contributed by atoms with van der Waals surface area (Å²) in [6.45, 7) is 2.66. The van der Waals surface area contributed by atoms with Crippen molar-refractivity contribution in [1.29, 1.82) is 0 Å². The molecule has 0 saturated carbocycles. The zero-order chi connectivity index (χ0) is 22.9. The van der Waals surface area contributed by atoms with E-state index in [1.54, 1.807) is 19.3 Å². The molecule has 1 N–H and O–H groups in total. The molecule has 3 aromatic rings. The Labute approximate surface area is 184 Å². The van der Waals surface area contributed by atoms with Crippen LogP contribution in [0.25, 0.3) is 0 Å². The molecule has 1 aromatic heterocycles. The van der Waals surface area contributed by atoms with Crippen molar-refractivity contribution >= 4 is 17.6 Å². The minimum atomic E-state index is -0.729. The number of non-ortho nitro benzene ring substituents is 1. The molecule has 1 heterocycles. The van der Waals surface area contributed by atoms with Gasteiger partial charge in [-0.05, 0) is 36.2 Å². The summed E-state index contributed by atoms with van der Waals surface area (Å²) in [4.78, 5) is 35.1. The lowest BCUT2D eigenvalue weighted by atomic mass is 10.1. The second-order valence-corrected chi connectivity index (χ2v) is 6.82. The minimum Gasteiger partial charge on any atom is -0.467 e. The quantitative estimate of drug-likeness (QED) is 0.288. The molecule has 0 saturated heterocycles. The van der Waals surface area contributed by atoms with Gasteiger partial charge in [-0.3, -0.25) is 14.9 Å². The van der Waals surface area contributed by atoms with Crippen LogP contribution in [0.15, 0.2) is 65.3 Å². The van der Waals surface area contributed by atoms with E-state index in [-0.39, 0.29) is 30.0 Å². The predicted octanol–water partition coefficient (Wildman–Crippen LogP) is 4.01. The first-order chi connectivity index (χ1) is 15.5. The van der Waals surface area contributed by atoms with Gasteiger partial charge in [-0.1, -0.05) is 24.3 Å². The molecule has 3 rings (SSSR count). The van der Waals surface area contributed by atoms with E-state index in [4.69, 9.17) is 13.9 Å². The third-order valence-corrected chi connectivity index (χ3v) is 4.44. The number of nitrogens with one attached hydrogen (secondary N) is 1. The molecule has 0 aliphatic heterocycles. The van der Waals surface area contributed by atoms with Crippen molar-refractivity contribution in [2.45, 2.75) is 26.7 Å². The van der Waals surface area contributed by atoms with Crippen LogP contribution in [0.5, 0.6) is 0 Å². The normalized spacial score (nSPS) is 10.5. The van der Waals surface area contributed by atoms with Gasteiger partial charge >= 0.3 is 5.97 Å². The average Bonchev–Trinajstić information content (AvgIpc) is 3.31. The van der Waals surface area contributed by atoms with Crippen LogP contribution in [0.3, 0.4) is 0 Å².